The summed E-state index contributed by atoms with van der Waals surface area (Å²) in [6.45, 7) is 1.28. The highest BCUT2D eigenvalue weighted by atomic mass is 16.5. The van der Waals surface area contributed by atoms with Crippen LogP contribution in [0.3, 0.4) is 0 Å². The number of carboxylic acid groups (broad SMARTS) is 1. The summed E-state index contributed by atoms with van der Waals surface area (Å²) in [6.07, 6.45) is 2.19. The van der Waals surface area contributed by atoms with E-state index in [2.05, 4.69) is 0 Å². The Kier molecular flexibility index (Phi) is 3.98. The first-order valence-electron chi connectivity index (χ1n) is 5.78. The van der Waals surface area contributed by atoms with Crippen LogP contribution in [0.25, 0.3) is 0 Å². The minimum absolute atomic E-state index is 0.301. The highest BCUT2D eigenvalue weighted by Gasteiger charge is 2.16. The second-order valence-electron chi connectivity index (χ2n) is 4.17. The van der Waals surface area contributed by atoms with Gasteiger partial charge in [-0.25, -0.2) is 4.79 Å². The van der Waals surface area contributed by atoms with Crippen molar-refractivity contribution >= 4 is 5.97 Å². The lowest BCUT2D eigenvalue weighted by atomic mass is 9.93. The lowest BCUT2D eigenvalue weighted by Crippen LogP contribution is -2.15. The molecule has 1 aliphatic rings. The van der Waals surface area contributed by atoms with Gasteiger partial charge in [-0.2, -0.15) is 0 Å². The van der Waals surface area contributed by atoms with E-state index in [9.17, 15) is 4.79 Å². The summed E-state index contributed by atoms with van der Waals surface area (Å²) in [5.41, 5.74) is 1.16. The van der Waals surface area contributed by atoms with E-state index in [1.807, 2.05) is 18.2 Å². The molecule has 0 amide bonds. The number of carbonyl (C=O) groups is 1. The average molecular weight is 236 g/mol. The monoisotopic (exact) mass is 236 g/mol. The maximum atomic E-state index is 10.4. The van der Waals surface area contributed by atoms with Crippen molar-refractivity contribution in [2.24, 2.45) is 0 Å². The van der Waals surface area contributed by atoms with Crippen molar-refractivity contribution in [3.63, 3.8) is 0 Å². The minimum atomic E-state index is -0.962. The molecule has 1 aliphatic heterocycles. The van der Waals surface area contributed by atoms with Crippen LogP contribution < -0.4 is 4.74 Å². The Balaban J connectivity index is 2.02. The number of aliphatic carboxylic acids is 1. The predicted molar refractivity (Wildman–Crippen MR) is 62.4 cm³/mol. The zero-order chi connectivity index (χ0) is 12.1. The molecular formula is C13H16O4. The van der Waals surface area contributed by atoms with Crippen LogP contribution in [0.4, 0.5) is 0 Å². The predicted octanol–water partition coefficient (Wildman–Crippen LogP) is 2.04. The van der Waals surface area contributed by atoms with Crippen LogP contribution >= 0.6 is 0 Å². The van der Waals surface area contributed by atoms with E-state index in [0.717, 1.165) is 31.6 Å². The number of carboxylic acids is 1. The van der Waals surface area contributed by atoms with Crippen molar-refractivity contribution in [1.29, 1.82) is 0 Å². The van der Waals surface area contributed by atoms with Crippen LogP contribution in [0.1, 0.15) is 24.3 Å². The van der Waals surface area contributed by atoms with Gasteiger partial charge in [0.05, 0.1) is 6.61 Å². The number of ether oxygens (including phenoxy) is 2. The molecular weight excluding hydrogens is 220 g/mol. The minimum Gasteiger partial charge on any atom is -0.482 e. The first-order chi connectivity index (χ1) is 8.25. The summed E-state index contributed by atoms with van der Waals surface area (Å²) in [5.74, 6) is 0.0454. The molecule has 17 heavy (non-hydrogen) atoms. The molecule has 0 saturated carbocycles. The highest BCUT2D eigenvalue weighted by Crippen LogP contribution is 2.27. The summed E-state index contributed by atoms with van der Waals surface area (Å²) in [7, 11) is 0. The third kappa shape index (κ3) is 3.46. The van der Waals surface area contributed by atoms with Crippen molar-refractivity contribution in [3.05, 3.63) is 29.8 Å². The maximum Gasteiger partial charge on any atom is 0.341 e. The Morgan fingerprint density at radius 3 is 3.12 bits per heavy atom. The summed E-state index contributed by atoms with van der Waals surface area (Å²) in [5, 5.41) is 8.55. The van der Waals surface area contributed by atoms with E-state index in [4.69, 9.17) is 14.6 Å². The van der Waals surface area contributed by atoms with E-state index < -0.39 is 5.97 Å². The van der Waals surface area contributed by atoms with Gasteiger partial charge in [0, 0.05) is 12.5 Å². The fourth-order valence-corrected chi connectivity index (χ4v) is 2.01. The van der Waals surface area contributed by atoms with Gasteiger partial charge in [0.1, 0.15) is 5.75 Å². The van der Waals surface area contributed by atoms with Gasteiger partial charge in [0.25, 0.3) is 0 Å². The van der Waals surface area contributed by atoms with E-state index in [0.29, 0.717) is 11.7 Å². The van der Waals surface area contributed by atoms with E-state index >= 15 is 0 Å². The van der Waals surface area contributed by atoms with Gasteiger partial charge in [0.15, 0.2) is 6.61 Å². The lowest BCUT2D eigenvalue weighted by Gasteiger charge is -2.22. The molecule has 1 heterocycles. The zero-order valence-corrected chi connectivity index (χ0v) is 9.59. The molecule has 1 atom stereocenters. The van der Waals surface area contributed by atoms with Crippen molar-refractivity contribution in [2.75, 3.05) is 19.8 Å². The Morgan fingerprint density at radius 2 is 2.41 bits per heavy atom. The molecule has 0 spiro atoms. The quantitative estimate of drug-likeness (QED) is 0.869. The lowest BCUT2D eigenvalue weighted by molar-refractivity contribution is -0.139. The van der Waals surface area contributed by atoms with Crippen molar-refractivity contribution in [1.82, 2.24) is 0 Å². The van der Waals surface area contributed by atoms with Gasteiger partial charge in [0.2, 0.25) is 0 Å². The van der Waals surface area contributed by atoms with E-state index in [1.165, 1.54) is 0 Å². The standard InChI is InChI=1S/C13H16O4/c14-13(15)9-17-12-5-1-3-10(7-12)11-4-2-6-16-8-11/h1,3,5,7,11H,2,4,6,8-9H2,(H,14,15). The Bertz CT molecular complexity index is 383. The molecule has 1 saturated heterocycles. The Labute approximate surface area is 100 Å². The van der Waals surface area contributed by atoms with Crippen LogP contribution in [0.2, 0.25) is 0 Å². The molecule has 1 fully saturated rings. The van der Waals surface area contributed by atoms with Crippen LogP contribution in [0, 0.1) is 0 Å². The second kappa shape index (κ2) is 5.68. The third-order valence-electron chi connectivity index (χ3n) is 2.85. The number of hydrogen-bond donors (Lipinski definition) is 1. The summed E-state index contributed by atoms with van der Waals surface area (Å²) < 4.78 is 10.6. The number of benzene rings is 1. The van der Waals surface area contributed by atoms with E-state index in [1.54, 1.807) is 6.07 Å². The zero-order valence-electron chi connectivity index (χ0n) is 9.59. The molecule has 0 aromatic heterocycles. The van der Waals surface area contributed by atoms with E-state index in [-0.39, 0.29) is 6.61 Å². The van der Waals surface area contributed by atoms with Gasteiger partial charge < -0.3 is 14.6 Å². The fraction of sp³-hybridized carbons (Fsp3) is 0.462. The normalized spacial score (nSPS) is 19.9. The topological polar surface area (TPSA) is 55.8 Å². The van der Waals surface area contributed by atoms with Crippen LogP contribution in [-0.2, 0) is 9.53 Å². The summed E-state index contributed by atoms with van der Waals surface area (Å²) >= 11 is 0. The first-order valence-corrected chi connectivity index (χ1v) is 5.78. The van der Waals surface area contributed by atoms with Crippen molar-refractivity contribution in [3.8, 4) is 5.75 Å². The molecule has 4 nitrogen and oxygen atoms in total. The molecule has 1 aromatic rings. The largest absolute Gasteiger partial charge is 0.482 e. The SMILES string of the molecule is O=C(O)COc1cccc(C2CCCOC2)c1. The molecule has 2 rings (SSSR count). The number of rotatable bonds is 4. The molecule has 1 unspecified atom stereocenters. The summed E-state index contributed by atoms with van der Waals surface area (Å²) in [4.78, 5) is 10.4. The maximum absolute atomic E-state index is 10.4. The van der Waals surface area contributed by atoms with Crippen molar-refractivity contribution < 1.29 is 19.4 Å². The highest BCUT2D eigenvalue weighted by molar-refractivity contribution is 5.68. The third-order valence-corrected chi connectivity index (χ3v) is 2.85. The van der Waals surface area contributed by atoms with Gasteiger partial charge in [-0.1, -0.05) is 12.1 Å². The van der Waals surface area contributed by atoms with Crippen LogP contribution in [0.5, 0.6) is 5.75 Å². The van der Waals surface area contributed by atoms with Gasteiger partial charge in [-0.15, -0.1) is 0 Å². The average Bonchev–Trinajstić information content (AvgIpc) is 2.38. The second-order valence-corrected chi connectivity index (χ2v) is 4.17. The fourth-order valence-electron chi connectivity index (χ4n) is 2.01. The molecule has 4 heteroatoms. The van der Waals surface area contributed by atoms with Gasteiger partial charge >= 0.3 is 5.97 Å². The molecule has 0 bridgehead atoms. The van der Waals surface area contributed by atoms with Gasteiger partial charge in [-0.05, 0) is 30.5 Å². The Morgan fingerprint density at radius 1 is 1.53 bits per heavy atom. The molecule has 0 aliphatic carbocycles. The molecule has 1 aromatic carbocycles. The Hall–Kier alpha value is -1.55. The van der Waals surface area contributed by atoms with Crippen molar-refractivity contribution in [2.45, 2.75) is 18.8 Å². The van der Waals surface area contributed by atoms with Crippen LogP contribution in [0.15, 0.2) is 24.3 Å². The smallest absolute Gasteiger partial charge is 0.341 e. The molecule has 92 valence electrons. The summed E-state index contributed by atoms with van der Waals surface area (Å²) in [6, 6.07) is 7.60. The first kappa shape index (κ1) is 11.9. The van der Waals surface area contributed by atoms with Crippen LogP contribution in [-0.4, -0.2) is 30.9 Å². The van der Waals surface area contributed by atoms with Gasteiger partial charge in [-0.3, -0.25) is 0 Å². The number of hydrogen-bond acceptors (Lipinski definition) is 3. The molecule has 1 N–H and O–H groups in total. The molecule has 0 radical (unpaired) electrons.